The fourth-order valence-corrected chi connectivity index (χ4v) is 3.44. The molecule has 0 amide bonds. The fraction of sp³-hybridized carbons (Fsp3) is 0.565. The Labute approximate surface area is 197 Å². The van der Waals surface area contributed by atoms with Gasteiger partial charge in [0.15, 0.2) is 6.73 Å². The van der Waals surface area contributed by atoms with Crippen molar-refractivity contribution in [1.82, 2.24) is 19.0 Å². The van der Waals surface area contributed by atoms with Gasteiger partial charge in [0.05, 0.1) is 30.0 Å². The summed E-state index contributed by atoms with van der Waals surface area (Å²) in [6.45, 7) is 6.07. The minimum Gasteiger partial charge on any atom is -0.443 e. The number of rotatable bonds is 6. The van der Waals surface area contributed by atoms with E-state index < -0.39 is 35.4 Å². The second-order valence-electron chi connectivity index (χ2n) is 9.30. The molecule has 3 atom stereocenters. The molecule has 3 heterocycles. The third kappa shape index (κ3) is 5.14. The third-order valence-electron chi connectivity index (χ3n) is 5.20. The standard InChI is InChI=1S/C23H31N5O6/c1-7-8-14-10-27(17-9-15(30)16(11-29)34-17)19-18(14)25-22(24-12-26(5)6)28(20(19)31)13-33-21(32)23(2,3)4/h10,12,15-17,29-30H,9,11,13H2,1-6H3/t15-,16+,17-/m0/s1. The van der Waals surface area contributed by atoms with Crippen LogP contribution in [-0.2, 0) is 21.0 Å². The number of carbonyl (C=O) groups is 1. The molecule has 0 aliphatic carbocycles. The van der Waals surface area contributed by atoms with Gasteiger partial charge in [0.25, 0.3) is 5.56 Å². The van der Waals surface area contributed by atoms with Crippen molar-refractivity contribution >= 4 is 29.3 Å². The number of fused-ring (bicyclic) bond motifs is 1. The molecule has 2 N–H and O–H groups in total. The van der Waals surface area contributed by atoms with Gasteiger partial charge >= 0.3 is 5.97 Å². The number of esters is 1. The highest BCUT2D eigenvalue weighted by molar-refractivity contribution is 5.83. The normalized spacial score (nSPS) is 20.5. The monoisotopic (exact) mass is 473 g/mol. The first-order valence-corrected chi connectivity index (χ1v) is 10.9. The topological polar surface area (TPSA) is 131 Å². The number of aromatic nitrogens is 3. The van der Waals surface area contributed by atoms with Crippen LogP contribution in [0.1, 0.15) is 45.9 Å². The summed E-state index contributed by atoms with van der Waals surface area (Å²) >= 11 is 0. The Kier molecular flexibility index (Phi) is 7.45. The Balaban J connectivity index is 2.21. The maximum Gasteiger partial charge on any atom is 0.312 e. The molecule has 3 rings (SSSR count). The lowest BCUT2D eigenvalue weighted by molar-refractivity contribution is -0.157. The second kappa shape index (κ2) is 9.97. The van der Waals surface area contributed by atoms with Crippen molar-refractivity contribution in [3.63, 3.8) is 0 Å². The van der Waals surface area contributed by atoms with Crippen molar-refractivity contribution in [2.24, 2.45) is 10.4 Å². The number of aliphatic hydroxyl groups excluding tert-OH is 2. The van der Waals surface area contributed by atoms with Gasteiger partial charge in [0.1, 0.15) is 23.4 Å². The van der Waals surface area contributed by atoms with Gasteiger partial charge in [-0.2, -0.15) is 0 Å². The van der Waals surface area contributed by atoms with Gasteiger partial charge in [0, 0.05) is 26.7 Å². The van der Waals surface area contributed by atoms with Crippen LogP contribution in [0.3, 0.4) is 0 Å². The number of ether oxygens (including phenoxy) is 2. The molecule has 0 saturated carbocycles. The SMILES string of the molecule is CC#Cc1cn([C@@H]2C[C@H](O)[C@@H](CO)O2)c2c(=O)n(COC(=O)C(C)(C)C)c(N=CN(C)C)nc12. The molecular weight excluding hydrogens is 442 g/mol. The summed E-state index contributed by atoms with van der Waals surface area (Å²) in [5.74, 6) is 5.32. The van der Waals surface area contributed by atoms with Crippen LogP contribution in [0.15, 0.2) is 16.0 Å². The van der Waals surface area contributed by atoms with Gasteiger partial charge in [-0.25, -0.2) is 14.5 Å². The summed E-state index contributed by atoms with van der Waals surface area (Å²) < 4.78 is 13.9. The molecule has 1 aliphatic rings. The first-order chi connectivity index (χ1) is 16.0. The maximum absolute atomic E-state index is 13.7. The highest BCUT2D eigenvalue weighted by atomic mass is 16.5. The second-order valence-corrected chi connectivity index (χ2v) is 9.30. The van der Waals surface area contributed by atoms with E-state index in [4.69, 9.17) is 9.47 Å². The number of aliphatic hydroxyl groups is 2. The van der Waals surface area contributed by atoms with Crippen LogP contribution >= 0.6 is 0 Å². The van der Waals surface area contributed by atoms with Crippen LogP contribution in [-0.4, -0.2) is 74.4 Å². The number of aliphatic imine (C=N–C) groups is 1. The van der Waals surface area contributed by atoms with Crippen molar-refractivity contribution in [2.75, 3.05) is 20.7 Å². The van der Waals surface area contributed by atoms with E-state index >= 15 is 0 Å². The van der Waals surface area contributed by atoms with E-state index in [1.165, 1.54) is 10.9 Å². The van der Waals surface area contributed by atoms with Gasteiger partial charge in [-0.3, -0.25) is 9.59 Å². The fourth-order valence-electron chi connectivity index (χ4n) is 3.44. The summed E-state index contributed by atoms with van der Waals surface area (Å²) in [6, 6.07) is 0. The van der Waals surface area contributed by atoms with Crippen molar-refractivity contribution in [3.05, 3.63) is 22.1 Å². The summed E-state index contributed by atoms with van der Waals surface area (Å²) in [5.41, 5.74) is -0.295. The van der Waals surface area contributed by atoms with Gasteiger partial charge in [-0.1, -0.05) is 5.92 Å². The Morgan fingerprint density at radius 2 is 2.15 bits per heavy atom. The maximum atomic E-state index is 13.7. The number of hydrogen-bond donors (Lipinski definition) is 2. The largest absolute Gasteiger partial charge is 0.443 e. The first kappa shape index (κ1) is 25.4. The molecule has 0 unspecified atom stereocenters. The number of hydrogen-bond acceptors (Lipinski definition) is 8. The molecule has 0 spiro atoms. The van der Waals surface area contributed by atoms with E-state index in [0.717, 1.165) is 0 Å². The van der Waals surface area contributed by atoms with Crippen LogP contribution in [0.4, 0.5) is 5.95 Å². The lowest BCUT2D eigenvalue weighted by atomic mass is 9.98. The van der Waals surface area contributed by atoms with Crippen LogP contribution in [0.2, 0.25) is 0 Å². The quantitative estimate of drug-likeness (QED) is 0.275. The minimum atomic E-state index is -0.889. The average Bonchev–Trinajstić information content (AvgIpc) is 3.31. The van der Waals surface area contributed by atoms with Crippen molar-refractivity contribution < 1.29 is 24.5 Å². The Bertz CT molecular complexity index is 1210. The Hall–Kier alpha value is -3.20. The van der Waals surface area contributed by atoms with Crippen LogP contribution in [0.25, 0.3) is 11.0 Å². The first-order valence-electron chi connectivity index (χ1n) is 10.9. The van der Waals surface area contributed by atoms with E-state index in [0.29, 0.717) is 11.1 Å². The van der Waals surface area contributed by atoms with Crippen LogP contribution in [0.5, 0.6) is 0 Å². The zero-order chi connectivity index (χ0) is 25.2. The van der Waals surface area contributed by atoms with Gasteiger partial charge in [-0.15, -0.1) is 5.92 Å². The van der Waals surface area contributed by atoms with Gasteiger partial charge < -0.3 is 29.2 Å². The molecule has 34 heavy (non-hydrogen) atoms. The molecular formula is C23H31N5O6. The highest BCUT2D eigenvalue weighted by Crippen LogP contribution is 2.32. The molecule has 184 valence electrons. The molecule has 0 aromatic carbocycles. The smallest absolute Gasteiger partial charge is 0.312 e. The number of carbonyl (C=O) groups excluding carboxylic acids is 1. The lowest BCUT2D eigenvalue weighted by Gasteiger charge is -2.18. The summed E-state index contributed by atoms with van der Waals surface area (Å²) in [5, 5.41) is 19.7. The molecule has 2 aromatic heterocycles. The summed E-state index contributed by atoms with van der Waals surface area (Å²) in [7, 11) is 3.55. The predicted molar refractivity (Wildman–Crippen MR) is 126 cm³/mol. The average molecular weight is 474 g/mol. The molecule has 0 radical (unpaired) electrons. The molecule has 1 aliphatic heterocycles. The van der Waals surface area contributed by atoms with E-state index in [1.807, 2.05) is 0 Å². The lowest BCUT2D eigenvalue weighted by Crippen LogP contribution is -2.29. The van der Waals surface area contributed by atoms with Crippen molar-refractivity contribution in [2.45, 2.75) is 59.3 Å². The van der Waals surface area contributed by atoms with Gasteiger partial charge in [0.2, 0.25) is 5.95 Å². The van der Waals surface area contributed by atoms with E-state index in [9.17, 15) is 19.8 Å². The minimum absolute atomic E-state index is 0.0467. The van der Waals surface area contributed by atoms with Crippen LogP contribution in [0, 0.1) is 17.3 Å². The summed E-state index contributed by atoms with van der Waals surface area (Å²) in [4.78, 5) is 36.6. The Morgan fingerprint density at radius 3 is 2.71 bits per heavy atom. The predicted octanol–water partition coefficient (Wildman–Crippen LogP) is 0.978. The zero-order valence-electron chi connectivity index (χ0n) is 20.3. The molecule has 0 bridgehead atoms. The molecule has 1 fully saturated rings. The van der Waals surface area contributed by atoms with Crippen molar-refractivity contribution in [1.29, 1.82) is 0 Å². The third-order valence-corrected chi connectivity index (χ3v) is 5.20. The molecule has 2 aromatic rings. The zero-order valence-corrected chi connectivity index (χ0v) is 20.3. The molecule has 11 nitrogen and oxygen atoms in total. The van der Waals surface area contributed by atoms with Crippen LogP contribution < -0.4 is 5.56 Å². The number of nitrogens with zero attached hydrogens (tertiary/aromatic N) is 5. The summed E-state index contributed by atoms with van der Waals surface area (Å²) in [6.07, 6.45) is 0.929. The molecule has 11 heteroatoms. The van der Waals surface area contributed by atoms with E-state index in [2.05, 4.69) is 21.8 Å². The highest BCUT2D eigenvalue weighted by Gasteiger charge is 2.36. The van der Waals surface area contributed by atoms with Gasteiger partial charge in [-0.05, 0) is 27.7 Å². The Morgan fingerprint density at radius 1 is 1.44 bits per heavy atom. The van der Waals surface area contributed by atoms with E-state index in [-0.39, 0.29) is 31.2 Å². The van der Waals surface area contributed by atoms with Crippen molar-refractivity contribution in [3.8, 4) is 11.8 Å². The van der Waals surface area contributed by atoms with E-state index in [1.54, 1.807) is 57.5 Å². The molecule has 1 saturated heterocycles.